The van der Waals surface area contributed by atoms with E-state index >= 15 is 0 Å². The topological polar surface area (TPSA) is 50.8 Å². The van der Waals surface area contributed by atoms with Crippen LogP contribution in [0.15, 0.2) is 48.5 Å². The average molecular weight is 422 g/mol. The monoisotopic (exact) mass is 422 g/mol. The second-order valence-corrected chi connectivity index (χ2v) is 7.23. The summed E-state index contributed by atoms with van der Waals surface area (Å²) >= 11 is 0. The fourth-order valence-electron chi connectivity index (χ4n) is 3.63. The van der Waals surface area contributed by atoms with Crippen LogP contribution in [0.2, 0.25) is 0 Å². The van der Waals surface area contributed by atoms with Crippen molar-refractivity contribution in [3.8, 4) is 11.5 Å². The summed E-state index contributed by atoms with van der Waals surface area (Å²) < 4.78 is 46.5. The van der Waals surface area contributed by atoms with Crippen LogP contribution in [0.4, 0.5) is 13.2 Å². The van der Waals surface area contributed by atoms with Gasteiger partial charge >= 0.3 is 6.36 Å². The quantitative estimate of drug-likeness (QED) is 0.614. The number of halogens is 3. The van der Waals surface area contributed by atoms with Gasteiger partial charge < -0.3 is 19.7 Å². The highest BCUT2D eigenvalue weighted by atomic mass is 19.4. The fourth-order valence-corrected chi connectivity index (χ4v) is 3.63. The van der Waals surface area contributed by atoms with E-state index in [1.54, 1.807) is 18.1 Å². The van der Waals surface area contributed by atoms with Crippen LogP contribution in [0.25, 0.3) is 0 Å². The van der Waals surface area contributed by atoms with Crippen LogP contribution in [0.5, 0.6) is 11.5 Å². The number of rotatable bonds is 9. The third-order valence-electron chi connectivity index (χ3n) is 5.06. The zero-order chi connectivity index (χ0) is 21.6. The van der Waals surface area contributed by atoms with Gasteiger partial charge in [-0.1, -0.05) is 24.3 Å². The van der Waals surface area contributed by atoms with E-state index in [1.807, 2.05) is 24.3 Å². The van der Waals surface area contributed by atoms with Crippen LogP contribution < -0.4 is 14.8 Å². The van der Waals surface area contributed by atoms with Gasteiger partial charge in [0.25, 0.3) is 0 Å². The fraction of sp³-hybridized carbons (Fsp3) is 0.409. The van der Waals surface area contributed by atoms with Crippen LogP contribution >= 0.6 is 0 Å². The number of hydrogen-bond donors (Lipinski definition) is 1. The van der Waals surface area contributed by atoms with E-state index in [4.69, 9.17) is 4.74 Å². The maximum absolute atomic E-state index is 12.4. The summed E-state index contributed by atoms with van der Waals surface area (Å²) in [7, 11) is 1.63. The summed E-state index contributed by atoms with van der Waals surface area (Å²) in [6, 6.07) is 13.6. The van der Waals surface area contributed by atoms with Crippen LogP contribution in [-0.2, 0) is 17.9 Å². The van der Waals surface area contributed by atoms with E-state index in [1.165, 1.54) is 18.2 Å². The molecule has 30 heavy (non-hydrogen) atoms. The summed E-state index contributed by atoms with van der Waals surface area (Å²) in [5, 5.41) is 3.38. The summed E-state index contributed by atoms with van der Waals surface area (Å²) in [5.74, 6) is 0.552. The van der Waals surface area contributed by atoms with Crippen LogP contribution in [-0.4, -0.2) is 36.9 Å². The zero-order valence-electron chi connectivity index (χ0n) is 16.7. The molecule has 8 heteroatoms. The lowest BCUT2D eigenvalue weighted by atomic mass is 10.1. The molecule has 3 rings (SSSR count). The number of methoxy groups -OCH3 is 1. The Morgan fingerprint density at radius 3 is 2.53 bits per heavy atom. The second kappa shape index (κ2) is 9.84. The molecule has 0 radical (unpaired) electrons. The first-order valence-electron chi connectivity index (χ1n) is 9.82. The highest BCUT2D eigenvalue weighted by Gasteiger charge is 2.32. The van der Waals surface area contributed by atoms with E-state index in [0.29, 0.717) is 18.5 Å². The van der Waals surface area contributed by atoms with E-state index in [9.17, 15) is 18.0 Å². The van der Waals surface area contributed by atoms with Gasteiger partial charge in [-0.2, -0.15) is 0 Å². The lowest BCUT2D eigenvalue weighted by Crippen LogP contribution is -2.34. The number of hydrogen-bond acceptors (Lipinski definition) is 4. The number of likely N-dealkylation sites (tertiary alicyclic amines) is 1. The maximum atomic E-state index is 12.4. The molecule has 0 bridgehead atoms. The lowest BCUT2D eigenvalue weighted by molar-refractivity contribution is -0.274. The smallest absolute Gasteiger partial charge is 0.497 e. The molecule has 5 nitrogen and oxygen atoms in total. The number of carbonyl (C=O) groups excluding carboxylic acids is 1. The normalized spacial score (nSPS) is 16.7. The number of nitrogens with zero attached hydrogens (tertiary/aromatic N) is 1. The molecule has 1 aliphatic rings. The number of carbonyl (C=O) groups is 1. The summed E-state index contributed by atoms with van der Waals surface area (Å²) in [4.78, 5) is 14.1. The Balaban J connectivity index is 1.52. The molecule has 1 amide bonds. The van der Waals surface area contributed by atoms with Crippen molar-refractivity contribution >= 4 is 5.91 Å². The van der Waals surface area contributed by atoms with Crippen molar-refractivity contribution in [2.75, 3.05) is 13.7 Å². The van der Waals surface area contributed by atoms with Gasteiger partial charge in [-0.05, 0) is 54.8 Å². The maximum Gasteiger partial charge on any atom is 0.573 e. The Bertz CT molecular complexity index is 858. The predicted octanol–water partition coefficient (Wildman–Crippen LogP) is 4.26. The molecule has 0 saturated carbocycles. The lowest BCUT2D eigenvalue weighted by Gasteiger charge is -2.25. The van der Waals surface area contributed by atoms with Gasteiger partial charge in [-0.25, -0.2) is 0 Å². The number of benzene rings is 2. The van der Waals surface area contributed by atoms with Gasteiger partial charge in [-0.15, -0.1) is 13.2 Å². The third-order valence-corrected chi connectivity index (χ3v) is 5.06. The summed E-state index contributed by atoms with van der Waals surface area (Å²) in [5.41, 5.74) is 1.72. The molecule has 1 saturated heterocycles. The highest BCUT2D eigenvalue weighted by molar-refractivity contribution is 5.78. The van der Waals surface area contributed by atoms with E-state index in [0.717, 1.165) is 30.7 Å². The second-order valence-electron chi connectivity index (χ2n) is 7.23. The molecule has 2 aromatic carbocycles. The molecular weight excluding hydrogens is 397 g/mol. The molecule has 2 aromatic rings. The first-order valence-corrected chi connectivity index (χ1v) is 9.82. The summed E-state index contributed by atoms with van der Waals surface area (Å²) in [6.45, 7) is 1.69. The minimum Gasteiger partial charge on any atom is -0.497 e. The van der Waals surface area contributed by atoms with Gasteiger partial charge in [-0.3, -0.25) is 4.79 Å². The largest absolute Gasteiger partial charge is 0.573 e. The number of amides is 1. The Morgan fingerprint density at radius 1 is 1.10 bits per heavy atom. The summed E-state index contributed by atoms with van der Waals surface area (Å²) in [6.07, 6.45) is -2.76. The molecule has 162 valence electrons. The number of nitrogens with one attached hydrogen (secondary N) is 1. The van der Waals surface area contributed by atoms with Gasteiger partial charge in [0.15, 0.2) is 0 Å². The van der Waals surface area contributed by atoms with Crippen molar-refractivity contribution in [3.63, 3.8) is 0 Å². The van der Waals surface area contributed by atoms with Gasteiger partial charge in [0.1, 0.15) is 11.5 Å². The molecule has 1 atom stereocenters. The third kappa shape index (κ3) is 6.38. The van der Waals surface area contributed by atoms with Crippen LogP contribution in [0.3, 0.4) is 0 Å². The number of ether oxygens (including phenoxy) is 2. The minimum atomic E-state index is -4.74. The number of alkyl halides is 3. The van der Waals surface area contributed by atoms with E-state index in [2.05, 4.69) is 10.1 Å². The molecule has 1 N–H and O–H groups in total. The van der Waals surface area contributed by atoms with Crippen molar-refractivity contribution < 1.29 is 27.4 Å². The SMILES string of the molecule is COc1cccc(CNCC[C@H]2CCC(=O)N2Cc2cccc(OC(F)(F)F)c2)c1. The van der Waals surface area contributed by atoms with Crippen molar-refractivity contribution in [2.24, 2.45) is 0 Å². The Hall–Kier alpha value is -2.74. The van der Waals surface area contributed by atoms with Crippen molar-refractivity contribution in [3.05, 3.63) is 59.7 Å². The molecular formula is C22H25F3N2O3. The Kier molecular flexibility index (Phi) is 7.20. The van der Waals surface area contributed by atoms with E-state index in [-0.39, 0.29) is 24.2 Å². The first kappa shape index (κ1) is 22.0. The molecule has 0 aliphatic carbocycles. The Labute approximate surface area is 173 Å². The molecule has 1 heterocycles. The van der Waals surface area contributed by atoms with Gasteiger partial charge in [0.05, 0.1) is 7.11 Å². The van der Waals surface area contributed by atoms with Crippen LogP contribution in [0.1, 0.15) is 30.4 Å². The molecule has 1 aliphatic heterocycles. The van der Waals surface area contributed by atoms with Crippen molar-refractivity contribution in [1.82, 2.24) is 10.2 Å². The average Bonchev–Trinajstić information content (AvgIpc) is 3.04. The van der Waals surface area contributed by atoms with E-state index < -0.39 is 6.36 Å². The molecule has 0 aromatic heterocycles. The van der Waals surface area contributed by atoms with Crippen molar-refractivity contribution in [1.29, 1.82) is 0 Å². The predicted molar refractivity (Wildman–Crippen MR) is 106 cm³/mol. The van der Waals surface area contributed by atoms with Crippen molar-refractivity contribution in [2.45, 2.75) is 44.8 Å². The first-order chi connectivity index (χ1) is 14.3. The van der Waals surface area contributed by atoms with Gasteiger partial charge in [0.2, 0.25) is 5.91 Å². The molecule has 0 spiro atoms. The highest BCUT2D eigenvalue weighted by Crippen LogP contribution is 2.27. The molecule has 1 fully saturated rings. The van der Waals surface area contributed by atoms with Gasteiger partial charge in [0, 0.05) is 25.6 Å². The van der Waals surface area contributed by atoms with Crippen LogP contribution in [0, 0.1) is 0 Å². The Morgan fingerprint density at radius 2 is 1.80 bits per heavy atom. The minimum absolute atomic E-state index is 0.0231. The molecule has 0 unspecified atom stereocenters. The zero-order valence-corrected chi connectivity index (χ0v) is 16.7. The standard InChI is InChI=1S/C22H25F3N2O3/c1-29-19-6-2-4-16(12-19)14-26-11-10-18-8-9-21(28)27(18)15-17-5-3-7-20(13-17)30-22(23,24)25/h2-7,12-13,18,26H,8-11,14-15H2,1H3/t18-/m1/s1.